The Morgan fingerprint density at radius 1 is 1.03 bits per heavy atom. The first-order chi connectivity index (χ1) is 13.8. The number of hydrogen-bond donors (Lipinski definition) is 0. The van der Waals surface area contributed by atoms with Crippen molar-refractivity contribution in [3.63, 3.8) is 0 Å². The minimum Gasteiger partial charge on any atom is -0.272 e. The molecule has 0 saturated carbocycles. The van der Waals surface area contributed by atoms with Gasteiger partial charge in [0.2, 0.25) is 0 Å². The zero-order chi connectivity index (χ0) is 21.2. The van der Waals surface area contributed by atoms with Gasteiger partial charge in [0.25, 0.3) is 5.91 Å². The number of carbonyl (C=O) groups is 1. The molecular weight excluding hydrogens is 381 g/mol. The smallest absolute Gasteiger partial charge is 0.272 e. The number of benzene rings is 2. The van der Waals surface area contributed by atoms with E-state index in [-0.39, 0.29) is 0 Å². The third kappa shape index (κ3) is 3.83. The summed E-state index contributed by atoms with van der Waals surface area (Å²) in [6.07, 6.45) is -4.51. The molecule has 0 unspecified atom stereocenters. The molecule has 8 heteroatoms. The topological polar surface area (TPSA) is 80.2 Å². The third-order valence-electron chi connectivity index (χ3n) is 4.80. The van der Waals surface area contributed by atoms with Crippen molar-refractivity contribution in [1.29, 1.82) is 10.5 Å². The summed E-state index contributed by atoms with van der Waals surface area (Å²) in [5, 5.41) is 24.4. The Labute approximate surface area is 165 Å². The van der Waals surface area contributed by atoms with E-state index in [0.717, 1.165) is 12.1 Å². The van der Waals surface area contributed by atoms with Gasteiger partial charge in [0, 0.05) is 11.6 Å². The van der Waals surface area contributed by atoms with Crippen LogP contribution in [0.5, 0.6) is 0 Å². The van der Waals surface area contributed by atoms with Crippen LogP contribution < -0.4 is 5.01 Å². The molecule has 0 N–H and O–H groups in total. The maximum absolute atomic E-state index is 13.1. The van der Waals surface area contributed by atoms with E-state index in [1.807, 2.05) is 12.1 Å². The second-order valence-electron chi connectivity index (χ2n) is 6.59. The molecule has 1 aliphatic rings. The van der Waals surface area contributed by atoms with Crippen LogP contribution in [-0.2, 0) is 11.0 Å². The molecule has 0 radical (unpaired) electrons. The summed E-state index contributed by atoms with van der Waals surface area (Å²) in [5.74, 6) is -3.55. The molecule has 146 valence electrons. The van der Waals surface area contributed by atoms with Gasteiger partial charge in [0.1, 0.15) is 5.92 Å². The predicted molar refractivity (Wildman–Crippen MR) is 99.4 cm³/mol. The van der Waals surface area contributed by atoms with Crippen molar-refractivity contribution >= 4 is 17.3 Å². The van der Waals surface area contributed by atoms with Crippen molar-refractivity contribution in [2.45, 2.75) is 19.0 Å². The molecule has 29 heavy (non-hydrogen) atoms. The van der Waals surface area contributed by atoms with E-state index < -0.39 is 35.4 Å². The molecule has 5 nitrogen and oxygen atoms in total. The molecule has 0 bridgehead atoms. The van der Waals surface area contributed by atoms with E-state index in [1.54, 1.807) is 37.3 Å². The molecule has 2 atom stereocenters. The van der Waals surface area contributed by atoms with Crippen molar-refractivity contribution in [2.24, 2.45) is 16.9 Å². The van der Waals surface area contributed by atoms with Crippen LogP contribution in [0.25, 0.3) is 0 Å². The predicted octanol–water partition coefficient (Wildman–Crippen LogP) is 4.49. The summed E-state index contributed by atoms with van der Waals surface area (Å²) in [6, 6.07) is 16.5. The largest absolute Gasteiger partial charge is 0.416 e. The highest BCUT2D eigenvalue weighted by atomic mass is 19.4. The Bertz CT molecular complexity index is 1000. The van der Waals surface area contributed by atoms with E-state index in [1.165, 1.54) is 17.1 Å². The van der Waals surface area contributed by atoms with Gasteiger partial charge in [0.15, 0.2) is 0 Å². The Balaban J connectivity index is 2.03. The number of nitrogens with zero attached hydrogens (tertiary/aromatic N) is 4. The zero-order valence-electron chi connectivity index (χ0n) is 15.3. The minimum atomic E-state index is -4.51. The van der Waals surface area contributed by atoms with Gasteiger partial charge >= 0.3 is 6.18 Å². The van der Waals surface area contributed by atoms with Crippen molar-refractivity contribution in [3.8, 4) is 12.1 Å². The number of anilines is 1. The van der Waals surface area contributed by atoms with Crippen LogP contribution in [0.2, 0.25) is 0 Å². The fraction of sp³-hybridized carbons (Fsp3) is 0.238. The second kappa shape index (κ2) is 7.76. The first-order valence-corrected chi connectivity index (χ1v) is 8.68. The molecule has 0 spiro atoms. The highest BCUT2D eigenvalue weighted by Gasteiger charge is 2.44. The molecule has 1 amide bonds. The number of nitriles is 2. The van der Waals surface area contributed by atoms with Crippen LogP contribution in [0.15, 0.2) is 59.7 Å². The number of para-hydroxylation sites is 1. The molecule has 1 aliphatic heterocycles. The lowest BCUT2D eigenvalue weighted by molar-refractivity contribution is -0.137. The standard InChI is InChI=1S/C21H15F3N4O/c1-13-18(20(29)28(27-13)17-5-3-2-4-6-17)19(15(11-25)12-26)14-7-9-16(10-8-14)21(22,23)24/h2-10,15,18-19H,1H3/t18-,19-/m0/s1. The van der Waals surface area contributed by atoms with Gasteiger partial charge in [-0.2, -0.15) is 28.8 Å². The third-order valence-corrected chi connectivity index (χ3v) is 4.80. The molecular formula is C21H15F3N4O. The van der Waals surface area contributed by atoms with Gasteiger partial charge in [-0.05, 0) is 36.8 Å². The highest BCUT2D eigenvalue weighted by molar-refractivity contribution is 6.15. The lowest BCUT2D eigenvalue weighted by atomic mass is 9.75. The maximum Gasteiger partial charge on any atom is 0.416 e. The van der Waals surface area contributed by atoms with Crippen molar-refractivity contribution in [2.75, 3.05) is 5.01 Å². The lowest BCUT2D eigenvalue weighted by Gasteiger charge is -2.24. The molecule has 0 aliphatic carbocycles. The molecule has 0 aromatic heterocycles. The van der Waals surface area contributed by atoms with Crippen LogP contribution >= 0.6 is 0 Å². The molecule has 0 saturated heterocycles. The Hall–Kier alpha value is -3.65. The number of rotatable bonds is 4. The van der Waals surface area contributed by atoms with E-state index >= 15 is 0 Å². The highest BCUT2D eigenvalue weighted by Crippen LogP contribution is 2.39. The van der Waals surface area contributed by atoms with Gasteiger partial charge in [-0.25, -0.2) is 5.01 Å². The fourth-order valence-corrected chi connectivity index (χ4v) is 3.41. The number of carbonyl (C=O) groups excluding carboxylic acids is 1. The van der Waals surface area contributed by atoms with Gasteiger partial charge in [-0.1, -0.05) is 30.3 Å². The molecule has 2 aromatic carbocycles. The van der Waals surface area contributed by atoms with E-state index in [2.05, 4.69) is 5.10 Å². The molecule has 3 rings (SSSR count). The SMILES string of the molecule is CC1=NN(c2ccccc2)C(=O)[C@@H]1[C@@H](c1ccc(C(F)(F)F)cc1)C(C#N)C#N. The minimum absolute atomic E-state index is 0.300. The Kier molecular flexibility index (Phi) is 5.38. The molecule has 2 aromatic rings. The Morgan fingerprint density at radius 3 is 2.14 bits per heavy atom. The number of amides is 1. The van der Waals surface area contributed by atoms with E-state index in [9.17, 15) is 28.5 Å². The number of alkyl halides is 3. The second-order valence-corrected chi connectivity index (χ2v) is 6.59. The summed E-state index contributed by atoms with van der Waals surface area (Å²) in [4.78, 5) is 13.1. The van der Waals surface area contributed by atoms with Crippen LogP contribution in [0.3, 0.4) is 0 Å². The van der Waals surface area contributed by atoms with E-state index in [4.69, 9.17) is 0 Å². The summed E-state index contributed by atoms with van der Waals surface area (Å²) in [5.41, 5.74) is 0.365. The Morgan fingerprint density at radius 2 is 1.62 bits per heavy atom. The fourth-order valence-electron chi connectivity index (χ4n) is 3.41. The van der Waals surface area contributed by atoms with Gasteiger partial charge < -0.3 is 0 Å². The summed E-state index contributed by atoms with van der Waals surface area (Å²) in [6.45, 7) is 1.61. The average Bonchev–Trinajstić information content (AvgIpc) is 3.00. The van der Waals surface area contributed by atoms with Gasteiger partial charge in [0.05, 0.1) is 29.3 Å². The summed E-state index contributed by atoms with van der Waals surface area (Å²) in [7, 11) is 0. The lowest BCUT2D eigenvalue weighted by Crippen LogP contribution is -2.34. The first kappa shape index (κ1) is 20.1. The normalized spacial score (nSPS) is 17.6. The zero-order valence-corrected chi connectivity index (χ0v) is 15.3. The average molecular weight is 396 g/mol. The summed E-state index contributed by atoms with van der Waals surface area (Å²) < 4.78 is 38.7. The van der Waals surface area contributed by atoms with E-state index in [0.29, 0.717) is 17.0 Å². The number of hydrogen-bond acceptors (Lipinski definition) is 4. The summed E-state index contributed by atoms with van der Waals surface area (Å²) >= 11 is 0. The van der Waals surface area contributed by atoms with Crippen LogP contribution in [0.4, 0.5) is 18.9 Å². The van der Waals surface area contributed by atoms with Crippen LogP contribution in [-0.4, -0.2) is 11.6 Å². The quantitative estimate of drug-likeness (QED) is 0.764. The van der Waals surface area contributed by atoms with Crippen molar-refractivity contribution < 1.29 is 18.0 Å². The molecule has 1 heterocycles. The number of halogens is 3. The van der Waals surface area contributed by atoms with Gasteiger partial charge in [-0.15, -0.1) is 0 Å². The van der Waals surface area contributed by atoms with Gasteiger partial charge in [-0.3, -0.25) is 4.79 Å². The number of hydrazone groups is 1. The maximum atomic E-state index is 13.1. The van der Waals surface area contributed by atoms with Crippen molar-refractivity contribution in [1.82, 2.24) is 0 Å². The molecule has 0 fully saturated rings. The van der Waals surface area contributed by atoms with Crippen molar-refractivity contribution in [3.05, 3.63) is 65.7 Å². The van der Waals surface area contributed by atoms with Crippen LogP contribution in [0.1, 0.15) is 24.0 Å². The van der Waals surface area contributed by atoms with Crippen LogP contribution in [0, 0.1) is 34.5 Å². The first-order valence-electron chi connectivity index (χ1n) is 8.68. The monoisotopic (exact) mass is 396 g/mol.